The Kier molecular flexibility index (Phi) is 5.02. The minimum absolute atomic E-state index is 0.00827. The molecule has 0 aliphatic heterocycles. The molecule has 3 aromatic carbocycles. The number of sulfone groups is 1. The van der Waals surface area contributed by atoms with Crippen molar-refractivity contribution in [3.63, 3.8) is 0 Å². The van der Waals surface area contributed by atoms with Crippen LogP contribution in [0.25, 0.3) is 21.7 Å². The van der Waals surface area contributed by atoms with Crippen LogP contribution in [-0.2, 0) is 9.84 Å². The number of H-pyrrole nitrogens is 1. The Morgan fingerprint density at radius 1 is 1.03 bits per heavy atom. The van der Waals surface area contributed by atoms with E-state index in [0.717, 1.165) is 11.1 Å². The number of rotatable bonds is 6. The molecule has 0 saturated carbocycles. The fourth-order valence-electron chi connectivity index (χ4n) is 3.31. The van der Waals surface area contributed by atoms with E-state index in [1.165, 1.54) is 0 Å². The standard InChI is InChI=1S/C22H24N4O2S/c1-14(2)19(23)13-24-16-10-11-20-18(12-16)22(26-25-20)29(27,28)21-9-5-7-15-6-3-4-8-17(15)21/h3-12,14,19,24H,13,23H2,1-2H3,(H,25,26)/t19-/m1/s1. The van der Waals surface area contributed by atoms with Crippen LogP contribution in [-0.4, -0.2) is 31.2 Å². The monoisotopic (exact) mass is 408 g/mol. The molecule has 0 unspecified atom stereocenters. The Hall–Kier alpha value is -2.90. The summed E-state index contributed by atoms with van der Waals surface area (Å²) >= 11 is 0. The summed E-state index contributed by atoms with van der Waals surface area (Å²) in [6.07, 6.45) is 0. The van der Waals surface area contributed by atoms with Crippen molar-refractivity contribution in [3.8, 4) is 0 Å². The lowest BCUT2D eigenvalue weighted by molar-refractivity contribution is 0.511. The lowest BCUT2D eigenvalue weighted by atomic mass is 10.1. The predicted molar refractivity (Wildman–Crippen MR) is 117 cm³/mol. The number of nitrogens with one attached hydrogen (secondary N) is 2. The van der Waals surface area contributed by atoms with Gasteiger partial charge < -0.3 is 11.1 Å². The van der Waals surface area contributed by atoms with Gasteiger partial charge in [0, 0.05) is 29.0 Å². The van der Waals surface area contributed by atoms with Crippen LogP contribution in [0.4, 0.5) is 5.69 Å². The van der Waals surface area contributed by atoms with E-state index in [-0.39, 0.29) is 16.0 Å². The maximum Gasteiger partial charge on any atom is 0.226 e. The zero-order chi connectivity index (χ0) is 20.6. The van der Waals surface area contributed by atoms with Gasteiger partial charge in [-0.15, -0.1) is 0 Å². The van der Waals surface area contributed by atoms with Crippen molar-refractivity contribution < 1.29 is 8.42 Å². The molecule has 0 aliphatic carbocycles. The van der Waals surface area contributed by atoms with E-state index < -0.39 is 9.84 Å². The maximum absolute atomic E-state index is 13.5. The lowest BCUT2D eigenvalue weighted by Gasteiger charge is -2.17. The normalized spacial score (nSPS) is 13.2. The van der Waals surface area contributed by atoms with E-state index in [2.05, 4.69) is 29.4 Å². The molecule has 0 amide bonds. The fraction of sp³-hybridized carbons (Fsp3) is 0.227. The van der Waals surface area contributed by atoms with Gasteiger partial charge in [0.05, 0.1) is 10.4 Å². The highest BCUT2D eigenvalue weighted by Crippen LogP contribution is 2.32. The third-order valence-electron chi connectivity index (χ3n) is 5.22. The summed E-state index contributed by atoms with van der Waals surface area (Å²) in [4.78, 5) is 0.254. The first-order valence-electron chi connectivity index (χ1n) is 9.58. The van der Waals surface area contributed by atoms with Crippen molar-refractivity contribution in [1.82, 2.24) is 10.2 Å². The average Bonchev–Trinajstić information content (AvgIpc) is 3.15. The summed E-state index contributed by atoms with van der Waals surface area (Å²) in [5.74, 6) is 0.349. The molecular formula is C22H24N4O2S. The zero-order valence-corrected chi connectivity index (χ0v) is 17.2. The molecule has 0 aliphatic rings. The SMILES string of the molecule is CC(C)[C@H](N)CNc1ccc2[nH]nc(S(=O)(=O)c3cccc4ccccc34)c2c1. The molecule has 29 heavy (non-hydrogen) atoms. The molecule has 4 aromatic rings. The third kappa shape index (κ3) is 3.59. The van der Waals surface area contributed by atoms with E-state index in [0.29, 0.717) is 28.8 Å². The molecule has 0 fully saturated rings. The number of hydrogen-bond donors (Lipinski definition) is 3. The van der Waals surface area contributed by atoms with Gasteiger partial charge in [-0.1, -0.05) is 50.2 Å². The Labute approximate surface area is 170 Å². The van der Waals surface area contributed by atoms with Crippen LogP contribution in [0, 0.1) is 5.92 Å². The summed E-state index contributed by atoms with van der Waals surface area (Å²) in [5, 5.41) is 12.4. The first kappa shape index (κ1) is 19.4. The number of anilines is 1. The fourth-order valence-corrected chi connectivity index (χ4v) is 4.88. The highest BCUT2D eigenvalue weighted by atomic mass is 32.2. The second kappa shape index (κ2) is 7.50. The number of aromatic amines is 1. The molecule has 1 aromatic heterocycles. The second-order valence-electron chi connectivity index (χ2n) is 7.56. The average molecular weight is 409 g/mol. The first-order chi connectivity index (χ1) is 13.9. The summed E-state index contributed by atoms with van der Waals surface area (Å²) in [6.45, 7) is 4.74. The number of hydrogen-bond acceptors (Lipinski definition) is 5. The van der Waals surface area contributed by atoms with Crippen LogP contribution in [0.3, 0.4) is 0 Å². The van der Waals surface area contributed by atoms with Gasteiger partial charge in [0.25, 0.3) is 0 Å². The number of nitrogens with zero attached hydrogens (tertiary/aromatic N) is 1. The van der Waals surface area contributed by atoms with Crippen LogP contribution in [0.1, 0.15) is 13.8 Å². The molecule has 150 valence electrons. The Balaban J connectivity index is 1.77. The quantitative estimate of drug-likeness (QED) is 0.448. The molecule has 0 bridgehead atoms. The van der Waals surface area contributed by atoms with Gasteiger partial charge in [-0.05, 0) is 35.6 Å². The van der Waals surface area contributed by atoms with E-state index in [4.69, 9.17) is 5.73 Å². The van der Waals surface area contributed by atoms with Gasteiger partial charge in [0.2, 0.25) is 9.84 Å². The molecule has 4 rings (SSSR count). The minimum Gasteiger partial charge on any atom is -0.383 e. The van der Waals surface area contributed by atoms with Crippen molar-refractivity contribution in [3.05, 3.63) is 60.7 Å². The van der Waals surface area contributed by atoms with Crippen molar-refractivity contribution >= 4 is 37.2 Å². The summed E-state index contributed by atoms with van der Waals surface area (Å²) in [6, 6.07) is 18.3. The maximum atomic E-state index is 13.5. The molecule has 1 atom stereocenters. The van der Waals surface area contributed by atoms with E-state index in [1.807, 2.05) is 48.5 Å². The van der Waals surface area contributed by atoms with Crippen molar-refractivity contribution in [2.24, 2.45) is 11.7 Å². The highest BCUT2D eigenvalue weighted by molar-refractivity contribution is 7.91. The van der Waals surface area contributed by atoms with Crippen LogP contribution in [0.5, 0.6) is 0 Å². The van der Waals surface area contributed by atoms with Crippen molar-refractivity contribution in [1.29, 1.82) is 0 Å². The second-order valence-corrected chi connectivity index (χ2v) is 9.39. The molecule has 0 spiro atoms. The topological polar surface area (TPSA) is 101 Å². The van der Waals surface area contributed by atoms with Gasteiger partial charge in [0.1, 0.15) is 0 Å². The van der Waals surface area contributed by atoms with Crippen LogP contribution >= 0.6 is 0 Å². The van der Waals surface area contributed by atoms with Crippen LogP contribution in [0.2, 0.25) is 0 Å². The van der Waals surface area contributed by atoms with Crippen LogP contribution in [0.15, 0.2) is 70.6 Å². The Bertz CT molecular complexity index is 1270. The van der Waals surface area contributed by atoms with Gasteiger partial charge in [-0.3, -0.25) is 5.10 Å². The summed E-state index contributed by atoms with van der Waals surface area (Å²) in [5.41, 5.74) is 7.59. The summed E-state index contributed by atoms with van der Waals surface area (Å²) < 4.78 is 26.9. The van der Waals surface area contributed by atoms with Crippen molar-refractivity contribution in [2.75, 3.05) is 11.9 Å². The smallest absolute Gasteiger partial charge is 0.226 e. The molecule has 1 heterocycles. The Morgan fingerprint density at radius 3 is 2.59 bits per heavy atom. The predicted octanol–water partition coefficient (Wildman–Crippen LogP) is 3.94. The van der Waals surface area contributed by atoms with E-state index in [9.17, 15) is 8.42 Å². The van der Waals surface area contributed by atoms with Gasteiger partial charge >= 0.3 is 0 Å². The highest BCUT2D eigenvalue weighted by Gasteiger charge is 2.25. The van der Waals surface area contributed by atoms with Gasteiger partial charge in [-0.25, -0.2) is 8.42 Å². The Morgan fingerprint density at radius 2 is 1.79 bits per heavy atom. The summed E-state index contributed by atoms with van der Waals surface area (Å²) in [7, 11) is -3.81. The van der Waals surface area contributed by atoms with Crippen LogP contribution < -0.4 is 11.1 Å². The number of nitrogens with two attached hydrogens (primary N) is 1. The lowest BCUT2D eigenvalue weighted by Crippen LogP contribution is -2.33. The molecule has 7 heteroatoms. The largest absolute Gasteiger partial charge is 0.383 e. The van der Waals surface area contributed by atoms with E-state index in [1.54, 1.807) is 12.1 Å². The third-order valence-corrected chi connectivity index (χ3v) is 6.98. The molecule has 0 radical (unpaired) electrons. The molecule has 6 nitrogen and oxygen atoms in total. The molecule has 4 N–H and O–H groups in total. The molecular weight excluding hydrogens is 384 g/mol. The minimum atomic E-state index is -3.81. The van der Waals surface area contributed by atoms with Gasteiger partial charge in [0.15, 0.2) is 5.03 Å². The number of fused-ring (bicyclic) bond motifs is 2. The number of aromatic nitrogens is 2. The first-order valence-corrected chi connectivity index (χ1v) is 11.1. The zero-order valence-electron chi connectivity index (χ0n) is 16.4. The number of benzene rings is 3. The molecule has 0 saturated heterocycles. The van der Waals surface area contributed by atoms with E-state index >= 15 is 0 Å². The van der Waals surface area contributed by atoms with Gasteiger partial charge in [-0.2, -0.15) is 5.10 Å². The van der Waals surface area contributed by atoms with Crippen molar-refractivity contribution in [2.45, 2.75) is 29.8 Å².